The van der Waals surface area contributed by atoms with Gasteiger partial charge in [-0.25, -0.2) is 0 Å². The minimum Gasteiger partial charge on any atom is -0.480 e. The first-order valence-electron chi connectivity index (χ1n) is 4.99. The minimum absolute atomic E-state index is 0.0326. The predicted octanol–water partition coefficient (Wildman–Crippen LogP) is 1.28. The number of ether oxygens (including phenoxy) is 1. The number of rotatable bonds is 3. The molecule has 1 aliphatic heterocycles. The van der Waals surface area contributed by atoms with Crippen molar-refractivity contribution in [3.05, 3.63) is 35.4 Å². The van der Waals surface area contributed by atoms with Gasteiger partial charge in [0.15, 0.2) is 11.2 Å². The molecule has 4 nitrogen and oxygen atoms in total. The third-order valence-corrected chi connectivity index (χ3v) is 2.82. The van der Waals surface area contributed by atoms with Crippen molar-refractivity contribution in [1.29, 1.82) is 0 Å². The van der Waals surface area contributed by atoms with Crippen LogP contribution < -0.4 is 0 Å². The molecule has 0 radical (unpaired) electrons. The number of hydrogen-bond donors (Lipinski definition) is 1. The average Bonchev–Trinajstić information content (AvgIpc) is 2.15. The van der Waals surface area contributed by atoms with Crippen molar-refractivity contribution in [3.8, 4) is 0 Å². The van der Waals surface area contributed by atoms with Crippen LogP contribution in [-0.4, -0.2) is 30.1 Å². The van der Waals surface area contributed by atoms with Crippen molar-refractivity contribution in [2.45, 2.75) is 6.92 Å². The number of carbonyl (C=O) groups excluding carboxylic acids is 1. The predicted molar refractivity (Wildman–Crippen MR) is 56.4 cm³/mol. The monoisotopic (exact) mass is 220 g/mol. The Hall–Kier alpha value is -1.68. The van der Waals surface area contributed by atoms with Crippen molar-refractivity contribution >= 4 is 11.8 Å². The van der Waals surface area contributed by atoms with Crippen LogP contribution in [0.1, 0.15) is 15.9 Å². The summed E-state index contributed by atoms with van der Waals surface area (Å²) in [6.45, 7) is 1.80. The van der Waals surface area contributed by atoms with Crippen molar-refractivity contribution < 1.29 is 19.4 Å². The molecule has 0 bridgehead atoms. The number of carboxylic acid groups (broad SMARTS) is 1. The maximum absolute atomic E-state index is 12.1. The number of benzene rings is 1. The number of aryl methyl sites for hydroxylation is 1. The van der Waals surface area contributed by atoms with E-state index in [-0.39, 0.29) is 19.0 Å². The number of hydrogen-bond acceptors (Lipinski definition) is 3. The number of Topliss-reactive ketones (excluding diaryl/α,β-unsaturated/α-hetero) is 1. The molecule has 84 valence electrons. The quantitative estimate of drug-likeness (QED) is 0.615. The molecule has 0 spiro atoms. The summed E-state index contributed by atoms with van der Waals surface area (Å²) in [5.41, 5.74) is 0.00526. The zero-order chi connectivity index (χ0) is 11.8. The molecule has 0 aromatic heterocycles. The van der Waals surface area contributed by atoms with Gasteiger partial charge in [-0.15, -0.1) is 0 Å². The van der Waals surface area contributed by atoms with E-state index in [1.165, 1.54) is 0 Å². The number of carbonyl (C=O) groups is 2. The first-order chi connectivity index (χ1) is 7.56. The van der Waals surface area contributed by atoms with Gasteiger partial charge < -0.3 is 9.84 Å². The molecule has 0 atom stereocenters. The lowest BCUT2D eigenvalue weighted by molar-refractivity contribution is -0.168. The molecule has 1 heterocycles. The van der Waals surface area contributed by atoms with Gasteiger partial charge in [0, 0.05) is 5.56 Å². The van der Waals surface area contributed by atoms with E-state index in [2.05, 4.69) is 0 Å². The lowest BCUT2D eigenvalue weighted by Crippen LogP contribution is -2.54. The second kappa shape index (κ2) is 3.72. The standard InChI is InChI=1S/C12H12O4/c1-8-3-2-4-9(5-8)10(13)12(11(14)15)6-16-7-12/h2-5H,6-7H2,1H3,(H,14,15). The molecule has 4 heteroatoms. The fourth-order valence-corrected chi connectivity index (χ4v) is 1.72. The van der Waals surface area contributed by atoms with Gasteiger partial charge in [0.1, 0.15) is 0 Å². The van der Waals surface area contributed by atoms with Crippen molar-refractivity contribution in [3.63, 3.8) is 0 Å². The summed E-state index contributed by atoms with van der Waals surface area (Å²) in [4.78, 5) is 23.2. The highest BCUT2D eigenvalue weighted by molar-refractivity contribution is 6.13. The molecule has 16 heavy (non-hydrogen) atoms. The second-order valence-corrected chi connectivity index (χ2v) is 4.08. The molecule has 0 unspecified atom stereocenters. The van der Waals surface area contributed by atoms with Gasteiger partial charge in [-0.1, -0.05) is 23.8 Å². The van der Waals surface area contributed by atoms with Crippen LogP contribution in [0.5, 0.6) is 0 Å². The number of carboxylic acids is 1. The highest BCUT2D eigenvalue weighted by Gasteiger charge is 2.53. The third kappa shape index (κ3) is 1.51. The molecule has 1 fully saturated rings. The molecule has 0 amide bonds. The van der Waals surface area contributed by atoms with E-state index >= 15 is 0 Å². The Bertz CT molecular complexity index is 446. The molecular formula is C12H12O4. The second-order valence-electron chi connectivity index (χ2n) is 4.08. The van der Waals surface area contributed by atoms with E-state index < -0.39 is 11.4 Å². The Morgan fingerprint density at radius 2 is 2.06 bits per heavy atom. The summed E-state index contributed by atoms with van der Waals surface area (Å²) in [6, 6.07) is 6.95. The minimum atomic E-state index is -1.37. The van der Waals surface area contributed by atoms with Crippen LogP contribution in [0.25, 0.3) is 0 Å². The third-order valence-electron chi connectivity index (χ3n) is 2.82. The summed E-state index contributed by atoms with van der Waals surface area (Å²) >= 11 is 0. The summed E-state index contributed by atoms with van der Waals surface area (Å²) in [7, 11) is 0. The first kappa shape index (κ1) is 10.8. The molecule has 1 aliphatic rings. The number of aliphatic carboxylic acids is 1. The van der Waals surface area contributed by atoms with Crippen LogP contribution in [-0.2, 0) is 9.53 Å². The molecule has 1 aromatic rings. The Morgan fingerprint density at radius 3 is 2.50 bits per heavy atom. The fraction of sp³-hybridized carbons (Fsp3) is 0.333. The summed E-state index contributed by atoms with van der Waals surface area (Å²) in [5, 5.41) is 9.08. The highest BCUT2D eigenvalue weighted by Crippen LogP contribution is 2.32. The Balaban J connectivity index is 2.35. The average molecular weight is 220 g/mol. The van der Waals surface area contributed by atoms with Crippen LogP contribution in [0.4, 0.5) is 0 Å². The van der Waals surface area contributed by atoms with Gasteiger partial charge in [-0.05, 0) is 13.0 Å². The van der Waals surface area contributed by atoms with E-state index in [1.807, 2.05) is 13.0 Å². The van der Waals surface area contributed by atoms with Crippen LogP contribution in [0, 0.1) is 12.3 Å². The topological polar surface area (TPSA) is 63.6 Å². The van der Waals surface area contributed by atoms with Crippen molar-refractivity contribution in [2.24, 2.45) is 5.41 Å². The number of ketones is 1. The van der Waals surface area contributed by atoms with Gasteiger partial charge in [-0.3, -0.25) is 9.59 Å². The molecule has 1 aromatic carbocycles. The van der Waals surface area contributed by atoms with Crippen LogP contribution in [0.3, 0.4) is 0 Å². The zero-order valence-electron chi connectivity index (χ0n) is 8.90. The lowest BCUT2D eigenvalue weighted by atomic mass is 9.78. The molecular weight excluding hydrogens is 208 g/mol. The molecule has 1 saturated heterocycles. The summed E-state index contributed by atoms with van der Waals surface area (Å²) in [6.07, 6.45) is 0. The van der Waals surface area contributed by atoms with Crippen molar-refractivity contribution in [1.82, 2.24) is 0 Å². The van der Waals surface area contributed by atoms with Crippen LogP contribution in [0.15, 0.2) is 24.3 Å². The van der Waals surface area contributed by atoms with Crippen molar-refractivity contribution in [2.75, 3.05) is 13.2 Å². The Kier molecular flexibility index (Phi) is 2.52. The Labute approximate surface area is 92.8 Å². The largest absolute Gasteiger partial charge is 0.480 e. The molecule has 2 rings (SSSR count). The molecule has 0 aliphatic carbocycles. The zero-order valence-corrected chi connectivity index (χ0v) is 8.90. The Morgan fingerprint density at radius 1 is 1.38 bits per heavy atom. The van der Waals surface area contributed by atoms with Crippen LogP contribution in [0.2, 0.25) is 0 Å². The highest BCUT2D eigenvalue weighted by atomic mass is 16.5. The SMILES string of the molecule is Cc1cccc(C(=O)C2(C(=O)O)COC2)c1. The lowest BCUT2D eigenvalue weighted by Gasteiger charge is -2.35. The summed E-state index contributed by atoms with van der Waals surface area (Å²) < 4.78 is 4.87. The van der Waals surface area contributed by atoms with E-state index in [4.69, 9.17) is 9.84 Å². The van der Waals surface area contributed by atoms with E-state index in [0.29, 0.717) is 5.56 Å². The normalized spacial score (nSPS) is 17.6. The maximum atomic E-state index is 12.1. The molecule has 1 N–H and O–H groups in total. The maximum Gasteiger partial charge on any atom is 0.322 e. The van der Waals surface area contributed by atoms with Gasteiger partial charge in [0.25, 0.3) is 0 Å². The van der Waals surface area contributed by atoms with E-state index in [1.54, 1.807) is 18.2 Å². The van der Waals surface area contributed by atoms with E-state index in [9.17, 15) is 9.59 Å². The van der Waals surface area contributed by atoms with Gasteiger partial charge in [0.05, 0.1) is 13.2 Å². The van der Waals surface area contributed by atoms with Gasteiger partial charge in [-0.2, -0.15) is 0 Å². The molecule has 0 saturated carbocycles. The van der Waals surface area contributed by atoms with Crippen LogP contribution >= 0.6 is 0 Å². The van der Waals surface area contributed by atoms with E-state index in [0.717, 1.165) is 5.56 Å². The first-order valence-corrected chi connectivity index (χ1v) is 4.99. The van der Waals surface area contributed by atoms with Gasteiger partial charge in [0.2, 0.25) is 0 Å². The fourth-order valence-electron chi connectivity index (χ4n) is 1.72. The van der Waals surface area contributed by atoms with Gasteiger partial charge >= 0.3 is 5.97 Å². The smallest absolute Gasteiger partial charge is 0.322 e. The summed E-state index contributed by atoms with van der Waals surface area (Å²) in [5.74, 6) is -1.47.